The van der Waals surface area contributed by atoms with Crippen LogP contribution in [-0.4, -0.2) is 22.2 Å². The molecule has 0 aliphatic rings. The Labute approximate surface area is 113 Å². The van der Waals surface area contributed by atoms with E-state index in [4.69, 9.17) is 10.2 Å². The maximum absolute atomic E-state index is 9.60. The van der Waals surface area contributed by atoms with Gasteiger partial charge in [-0.15, -0.1) is 0 Å². The summed E-state index contributed by atoms with van der Waals surface area (Å²) in [7, 11) is 0. The van der Waals surface area contributed by atoms with Gasteiger partial charge in [0.2, 0.25) is 0 Å². The Morgan fingerprint density at radius 3 is 1.63 bits per heavy atom. The van der Waals surface area contributed by atoms with E-state index in [1.165, 1.54) is 12.5 Å². The molecule has 1 aromatic rings. The van der Waals surface area contributed by atoms with Crippen molar-refractivity contribution in [2.45, 2.75) is 6.92 Å². The normalized spacial score (nSPS) is 7.63. The van der Waals surface area contributed by atoms with Crippen LogP contribution in [0, 0.1) is 0 Å². The molecule has 19 heavy (non-hydrogen) atoms. The molecule has 0 spiro atoms. The number of aliphatic carboxylic acids is 2. The fourth-order valence-corrected chi connectivity index (χ4v) is 0.589. The molecule has 102 valence electrons. The summed E-state index contributed by atoms with van der Waals surface area (Å²) in [5, 5.41) is 15.5. The average Bonchev–Trinajstić information content (AvgIpc) is 2.40. The summed E-state index contributed by atoms with van der Waals surface area (Å²) in [4.78, 5) is 18.8. The Morgan fingerprint density at radius 1 is 1.11 bits per heavy atom. The van der Waals surface area contributed by atoms with Gasteiger partial charge >= 0.3 is 11.9 Å². The van der Waals surface area contributed by atoms with E-state index in [1.54, 1.807) is 0 Å². The van der Waals surface area contributed by atoms with Gasteiger partial charge in [0.15, 0.2) is 0 Å². The quantitative estimate of drug-likeness (QED) is 0.820. The summed E-state index contributed by atoms with van der Waals surface area (Å²) in [5.41, 5.74) is 1.35. The average molecular weight is 262 g/mol. The molecule has 1 aromatic carbocycles. The van der Waals surface area contributed by atoms with E-state index >= 15 is 0 Å². The van der Waals surface area contributed by atoms with Crippen LogP contribution < -0.4 is 0 Å². The first-order valence-corrected chi connectivity index (χ1v) is 5.26. The molecule has 0 radical (unpaired) electrons. The molecule has 0 heterocycles. The lowest BCUT2D eigenvalue weighted by atomic mass is 10.2. The molecule has 1 rings (SSSR count). The van der Waals surface area contributed by atoms with Gasteiger partial charge in [0.25, 0.3) is 0 Å². The fraction of sp³-hybridized carbons (Fsp3) is 0.0667. The highest BCUT2D eigenvalue weighted by molar-refractivity contribution is 5.84. The SMILES string of the molecule is C=C(C)C(=O)O.C=CC(=O)O.C=Cc1ccccc1. The van der Waals surface area contributed by atoms with Gasteiger partial charge in [0.1, 0.15) is 0 Å². The van der Waals surface area contributed by atoms with E-state index in [2.05, 4.69) is 19.7 Å². The third-order valence-electron chi connectivity index (χ3n) is 1.57. The van der Waals surface area contributed by atoms with Crippen molar-refractivity contribution in [2.24, 2.45) is 0 Å². The van der Waals surface area contributed by atoms with Crippen LogP contribution in [0.4, 0.5) is 0 Å². The zero-order chi connectivity index (χ0) is 15.3. The lowest BCUT2D eigenvalue weighted by molar-refractivity contribution is -0.133. The summed E-state index contributed by atoms with van der Waals surface area (Å²) in [5.74, 6) is -1.92. The van der Waals surface area contributed by atoms with Crippen molar-refractivity contribution in [1.82, 2.24) is 0 Å². The van der Waals surface area contributed by atoms with Crippen molar-refractivity contribution < 1.29 is 19.8 Å². The Morgan fingerprint density at radius 2 is 1.47 bits per heavy atom. The summed E-state index contributed by atoms with van der Waals surface area (Å²) >= 11 is 0. The number of benzene rings is 1. The van der Waals surface area contributed by atoms with Gasteiger partial charge in [-0.1, -0.05) is 56.1 Å². The molecule has 4 nitrogen and oxygen atoms in total. The van der Waals surface area contributed by atoms with E-state index in [-0.39, 0.29) is 5.57 Å². The first-order valence-electron chi connectivity index (χ1n) is 5.26. The standard InChI is InChI=1S/C8H8.C4H6O2.C3H4O2/c1-2-8-6-4-3-5-7-8;1-3(2)4(5)6;1-2-3(4)5/h2-7H,1H2;1H2,2H3,(H,5,6);2H,1H2,(H,4,5). The maximum atomic E-state index is 9.60. The van der Waals surface area contributed by atoms with Crippen LogP contribution in [-0.2, 0) is 9.59 Å². The number of rotatable bonds is 3. The number of hydrogen-bond donors (Lipinski definition) is 2. The third-order valence-corrected chi connectivity index (χ3v) is 1.57. The first kappa shape index (κ1) is 18.7. The summed E-state index contributed by atoms with van der Waals surface area (Å²) < 4.78 is 0. The minimum Gasteiger partial charge on any atom is -0.478 e. The van der Waals surface area contributed by atoms with Gasteiger partial charge in [0.05, 0.1) is 0 Å². The molecule has 0 aliphatic heterocycles. The van der Waals surface area contributed by atoms with Gasteiger partial charge < -0.3 is 10.2 Å². The smallest absolute Gasteiger partial charge is 0.330 e. The van der Waals surface area contributed by atoms with Crippen LogP contribution in [0.1, 0.15) is 12.5 Å². The van der Waals surface area contributed by atoms with E-state index < -0.39 is 11.9 Å². The van der Waals surface area contributed by atoms with Crippen molar-refractivity contribution in [3.63, 3.8) is 0 Å². The number of carbonyl (C=O) groups is 2. The van der Waals surface area contributed by atoms with Crippen molar-refractivity contribution >= 4 is 18.0 Å². The monoisotopic (exact) mass is 262 g/mol. The van der Waals surface area contributed by atoms with E-state index in [9.17, 15) is 9.59 Å². The molecule has 4 heteroatoms. The molecule has 0 saturated carbocycles. The van der Waals surface area contributed by atoms with Crippen molar-refractivity contribution in [3.8, 4) is 0 Å². The lowest BCUT2D eigenvalue weighted by Gasteiger charge is -1.85. The fourth-order valence-electron chi connectivity index (χ4n) is 0.589. The topological polar surface area (TPSA) is 74.6 Å². The van der Waals surface area contributed by atoms with E-state index in [0.29, 0.717) is 0 Å². The number of carboxylic acid groups (broad SMARTS) is 2. The van der Waals surface area contributed by atoms with Crippen LogP contribution in [0.25, 0.3) is 6.08 Å². The van der Waals surface area contributed by atoms with Crippen molar-refractivity contribution in [3.05, 3.63) is 67.3 Å². The molecule has 0 saturated heterocycles. The first-order chi connectivity index (χ1) is 8.84. The minimum atomic E-state index is -0.981. The van der Waals surface area contributed by atoms with Crippen LogP contribution in [0.5, 0.6) is 0 Å². The maximum Gasteiger partial charge on any atom is 0.330 e. The van der Waals surface area contributed by atoms with E-state index in [0.717, 1.165) is 6.08 Å². The molecule has 0 amide bonds. The molecule has 2 N–H and O–H groups in total. The molecular weight excluding hydrogens is 244 g/mol. The Balaban J connectivity index is 0. The van der Waals surface area contributed by atoms with E-state index in [1.807, 2.05) is 36.4 Å². The van der Waals surface area contributed by atoms with Gasteiger partial charge in [-0.25, -0.2) is 9.59 Å². The van der Waals surface area contributed by atoms with Crippen LogP contribution in [0.2, 0.25) is 0 Å². The molecule has 0 aromatic heterocycles. The van der Waals surface area contributed by atoms with Gasteiger partial charge in [0, 0.05) is 11.6 Å². The molecule has 0 aliphatic carbocycles. The minimum absolute atomic E-state index is 0.176. The second-order valence-corrected chi connectivity index (χ2v) is 3.24. The zero-order valence-electron chi connectivity index (χ0n) is 10.9. The van der Waals surface area contributed by atoms with Crippen molar-refractivity contribution in [2.75, 3.05) is 0 Å². The highest BCUT2D eigenvalue weighted by Gasteiger charge is 1.90. The second-order valence-electron chi connectivity index (χ2n) is 3.24. The molecular formula is C15H18O4. The van der Waals surface area contributed by atoms with Gasteiger partial charge in [-0.05, 0) is 12.5 Å². The molecule has 0 unspecified atom stereocenters. The molecule has 0 bridgehead atoms. The van der Waals surface area contributed by atoms with Crippen LogP contribution >= 0.6 is 0 Å². The lowest BCUT2D eigenvalue weighted by Crippen LogP contribution is -1.92. The highest BCUT2D eigenvalue weighted by Crippen LogP contribution is 1.97. The molecule has 0 fully saturated rings. The van der Waals surface area contributed by atoms with Gasteiger partial charge in [-0.3, -0.25) is 0 Å². The Bertz CT molecular complexity index is 421. The summed E-state index contributed by atoms with van der Waals surface area (Å²) in [6, 6.07) is 10.0. The van der Waals surface area contributed by atoms with Crippen LogP contribution in [0.3, 0.4) is 0 Å². The summed E-state index contributed by atoms with van der Waals surface area (Å²) in [6.45, 7) is 11.2. The predicted octanol–water partition coefficient (Wildman–Crippen LogP) is 3.23. The highest BCUT2D eigenvalue weighted by atomic mass is 16.4. The Kier molecular flexibility index (Phi) is 11.7. The number of hydrogen-bond acceptors (Lipinski definition) is 2. The zero-order valence-corrected chi connectivity index (χ0v) is 10.9. The van der Waals surface area contributed by atoms with Crippen molar-refractivity contribution in [1.29, 1.82) is 0 Å². The van der Waals surface area contributed by atoms with Crippen LogP contribution in [0.15, 0.2) is 61.7 Å². The largest absolute Gasteiger partial charge is 0.478 e. The number of carboxylic acids is 2. The second kappa shape index (κ2) is 11.9. The Hall–Kier alpha value is -2.62. The summed E-state index contributed by atoms with van der Waals surface area (Å²) in [6.07, 6.45) is 2.67. The predicted molar refractivity (Wildman–Crippen MR) is 76.8 cm³/mol. The molecule has 0 atom stereocenters. The van der Waals surface area contributed by atoms with Gasteiger partial charge in [-0.2, -0.15) is 0 Å². The third kappa shape index (κ3) is 15.4.